The molecule has 4 heteroatoms. The highest BCUT2D eigenvalue weighted by molar-refractivity contribution is 5.77. The fraction of sp³-hybridized carbons (Fsp3) is 0.500. The van der Waals surface area contributed by atoms with Crippen LogP contribution in [0, 0.1) is 0 Å². The van der Waals surface area contributed by atoms with Crippen molar-refractivity contribution in [1.82, 2.24) is 10.2 Å². The number of nitrogens with one attached hydrogen (secondary N) is 1. The third-order valence-electron chi connectivity index (χ3n) is 2.50. The van der Waals surface area contributed by atoms with Crippen LogP contribution in [0.2, 0.25) is 0 Å². The second-order valence-electron chi connectivity index (χ2n) is 4.38. The number of hydrogen-bond acceptors (Lipinski definition) is 3. The quantitative estimate of drug-likeness (QED) is 0.800. The number of rotatable bonds is 7. The number of carbonyl (C=O) groups excluding carboxylic acids is 1. The van der Waals surface area contributed by atoms with E-state index in [2.05, 4.69) is 12.2 Å². The maximum absolute atomic E-state index is 11.3. The van der Waals surface area contributed by atoms with Gasteiger partial charge in [-0.2, -0.15) is 0 Å². The Bertz CT molecular complexity index is 361. The van der Waals surface area contributed by atoms with E-state index in [-0.39, 0.29) is 5.91 Å². The molecule has 4 nitrogen and oxygen atoms in total. The first-order valence-electron chi connectivity index (χ1n) is 6.26. The van der Waals surface area contributed by atoms with Crippen LogP contribution in [0.25, 0.3) is 0 Å². The van der Waals surface area contributed by atoms with Crippen molar-refractivity contribution in [3.63, 3.8) is 0 Å². The van der Waals surface area contributed by atoms with Crippen LogP contribution in [0.3, 0.4) is 0 Å². The molecule has 0 unspecified atom stereocenters. The van der Waals surface area contributed by atoms with Gasteiger partial charge >= 0.3 is 0 Å². The number of nitrogens with zero attached hydrogens (tertiary/aromatic N) is 1. The highest BCUT2D eigenvalue weighted by Crippen LogP contribution is 2.12. The average molecular weight is 250 g/mol. The summed E-state index contributed by atoms with van der Waals surface area (Å²) in [5.41, 5.74) is 1.14. The lowest BCUT2D eigenvalue weighted by molar-refractivity contribution is -0.127. The van der Waals surface area contributed by atoms with Crippen molar-refractivity contribution in [2.24, 2.45) is 0 Å². The zero-order chi connectivity index (χ0) is 13.4. The van der Waals surface area contributed by atoms with Gasteiger partial charge in [0.2, 0.25) is 5.91 Å². The van der Waals surface area contributed by atoms with Crippen LogP contribution < -0.4 is 10.1 Å². The lowest BCUT2D eigenvalue weighted by atomic mass is 10.2. The number of ether oxygens (including phenoxy) is 1. The molecule has 0 radical (unpaired) electrons. The Hall–Kier alpha value is -1.55. The van der Waals surface area contributed by atoms with Crippen molar-refractivity contribution in [2.45, 2.75) is 19.9 Å². The van der Waals surface area contributed by atoms with Crippen molar-refractivity contribution in [3.05, 3.63) is 29.8 Å². The van der Waals surface area contributed by atoms with E-state index >= 15 is 0 Å². The first kappa shape index (κ1) is 14.5. The Morgan fingerprint density at radius 1 is 1.28 bits per heavy atom. The molecule has 0 saturated heterocycles. The van der Waals surface area contributed by atoms with Crippen LogP contribution in [-0.2, 0) is 11.3 Å². The lowest BCUT2D eigenvalue weighted by Gasteiger charge is -2.11. The van der Waals surface area contributed by atoms with Crippen molar-refractivity contribution < 1.29 is 9.53 Å². The molecular weight excluding hydrogens is 228 g/mol. The van der Waals surface area contributed by atoms with E-state index in [1.807, 2.05) is 24.3 Å². The van der Waals surface area contributed by atoms with Crippen molar-refractivity contribution >= 4 is 5.91 Å². The molecule has 18 heavy (non-hydrogen) atoms. The minimum absolute atomic E-state index is 0.0814. The zero-order valence-electron chi connectivity index (χ0n) is 11.4. The van der Waals surface area contributed by atoms with Gasteiger partial charge in [-0.15, -0.1) is 0 Å². The maximum Gasteiger partial charge on any atom is 0.236 e. The van der Waals surface area contributed by atoms with E-state index in [1.165, 1.54) is 0 Å². The number of hydrogen-bond donors (Lipinski definition) is 1. The fourth-order valence-electron chi connectivity index (χ4n) is 1.40. The lowest BCUT2D eigenvalue weighted by Crippen LogP contribution is -2.32. The number of amides is 1. The third kappa shape index (κ3) is 5.19. The molecule has 1 aromatic rings. The van der Waals surface area contributed by atoms with E-state index < -0.39 is 0 Å². The first-order chi connectivity index (χ1) is 8.63. The molecule has 1 rings (SSSR count). The van der Waals surface area contributed by atoms with Gasteiger partial charge in [0.25, 0.3) is 0 Å². The Balaban J connectivity index is 2.33. The van der Waals surface area contributed by atoms with Crippen LogP contribution in [-0.4, -0.2) is 38.1 Å². The van der Waals surface area contributed by atoms with Crippen molar-refractivity contribution in [3.8, 4) is 5.75 Å². The second kappa shape index (κ2) is 7.71. The van der Waals surface area contributed by atoms with E-state index in [4.69, 9.17) is 4.74 Å². The molecular formula is C14H22N2O2. The van der Waals surface area contributed by atoms with Gasteiger partial charge in [0, 0.05) is 20.6 Å². The highest BCUT2D eigenvalue weighted by Gasteiger charge is 2.02. The Labute approximate surface area is 109 Å². The third-order valence-corrected chi connectivity index (χ3v) is 2.50. The van der Waals surface area contributed by atoms with E-state index in [0.29, 0.717) is 13.1 Å². The van der Waals surface area contributed by atoms with Crippen LogP contribution in [0.1, 0.15) is 18.9 Å². The number of carbonyl (C=O) groups is 1. The average Bonchev–Trinajstić information content (AvgIpc) is 2.37. The first-order valence-corrected chi connectivity index (χ1v) is 6.26. The summed E-state index contributed by atoms with van der Waals surface area (Å²) in [7, 11) is 3.51. The summed E-state index contributed by atoms with van der Waals surface area (Å²) in [5.74, 6) is 0.975. The predicted octanol–water partition coefficient (Wildman–Crippen LogP) is 1.65. The Morgan fingerprint density at radius 2 is 1.94 bits per heavy atom. The molecule has 0 aliphatic heterocycles. The van der Waals surface area contributed by atoms with Crippen LogP contribution in [0.5, 0.6) is 5.75 Å². The van der Waals surface area contributed by atoms with Gasteiger partial charge in [-0.05, 0) is 24.1 Å². The summed E-state index contributed by atoms with van der Waals surface area (Å²) in [5, 5.41) is 3.11. The summed E-state index contributed by atoms with van der Waals surface area (Å²) in [6, 6.07) is 7.94. The van der Waals surface area contributed by atoms with E-state index in [9.17, 15) is 4.79 Å². The summed E-state index contributed by atoms with van der Waals surface area (Å²) in [6.45, 7) is 3.88. The molecule has 1 N–H and O–H groups in total. The van der Waals surface area contributed by atoms with Gasteiger partial charge < -0.3 is 15.0 Å². The highest BCUT2D eigenvalue weighted by atomic mass is 16.5. The largest absolute Gasteiger partial charge is 0.494 e. The number of likely N-dealkylation sites (N-methyl/N-ethyl adjacent to an activating group) is 1. The molecule has 100 valence electrons. The molecule has 0 spiro atoms. The van der Waals surface area contributed by atoms with Gasteiger partial charge in [-0.1, -0.05) is 19.1 Å². The van der Waals surface area contributed by atoms with E-state index in [1.54, 1.807) is 19.0 Å². The summed E-state index contributed by atoms with van der Waals surface area (Å²) in [6.07, 6.45) is 1.01. The standard InChI is InChI=1S/C14H22N2O2/c1-4-9-18-13-7-5-12(6-8-13)10-15-11-14(17)16(2)3/h5-8,15H,4,9-11H2,1-3H3. The summed E-state index contributed by atoms with van der Waals surface area (Å²) in [4.78, 5) is 12.9. The van der Waals surface area contributed by atoms with Crippen LogP contribution >= 0.6 is 0 Å². The fourth-order valence-corrected chi connectivity index (χ4v) is 1.40. The Morgan fingerprint density at radius 3 is 2.50 bits per heavy atom. The zero-order valence-corrected chi connectivity index (χ0v) is 11.4. The molecule has 0 aliphatic rings. The SMILES string of the molecule is CCCOc1ccc(CNCC(=O)N(C)C)cc1. The Kier molecular flexibility index (Phi) is 6.22. The molecule has 0 saturated carbocycles. The molecule has 0 aromatic heterocycles. The second-order valence-corrected chi connectivity index (χ2v) is 4.38. The summed E-state index contributed by atoms with van der Waals surface area (Å²) >= 11 is 0. The maximum atomic E-state index is 11.3. The van der Waals surface area contributed by atoms with Crippen molar-refractivity contribution in [1.29, 1.82) is 0 Å². The molecule has 0 fully saturated rings. The molecule has 1 aromatic carbocycles. The smallest absolute Gasteiger partial charge is 0.236 e. The van der Waals surface area contributed by atoms with Gasteiger partial charge in [0.15, 0.2) is 0 Å². The van der Waals surface area contributed by atoms with Crippen LogP contribution in [0.4, 0.5) is 0 Å². The monoisotopic (exact) mass is 250 g/mol. The molecule has 0 atom stereocenters. The molecule has 0 bridgehead atoms. The topological polar surface area (TPSA) is 41.6 Å². The van der Waals surface area contributed by atoms with Gasteiger partial charge in [0.05, 0.1) is 13.2 Å². The normalized spacial score (nSPS) is 10.2. The number of benzene rings is 1. The van der Waals surface area contributed by atoms with Gasteiger partial charge in [-0.25, -0.2) is 0 Å². The van der Waals surface area contributed by atoms with Gasteiger partial charge in [0.1, 0.15) is 5.75 Å². The predicted molar refractivity (Wildman–Crippen MR) is 72.6 cm³/mol. The minimum atomic E-state index is 0.0814. The van der Waals surface area contributed by atoms with E-state index in [0.717, 1.165) is 24.3 Å². The molecule has 0 heterocycles. The van der Waals surface area contributed by atoms with Crippen LogP contribution in [0.15, 0.2) is 24.3 Å². The molecule has 1 amide bonds. The molecule has 0 aliphatic carbocycles. The van der Waals surface area contributed by atoms with Crippen molar-refractivity contribution in [2.75, 3.05) is 27.2 Å². The minimum Gasteiger partial charge on any atom is -0.494 e. The van der Waals surface area contributed by atoms with Gasteiger partial charge in [-0.3, -0.25) is 4.79 Å². The summed E-state index contributed by atoms with van der Waals surface area (Å²) < 4.78 is 5.50.